The summed E-state index contributed by atoms with van der Waals surface area (Å²) in [4.78, 5) is 26.6. The van der Waals surface area contributed by atoms with Crippen molar-refractivity contribution in [1.82, 2.24) is 9.47 Å². The van der Waals surface area contributed by atoms with Crippen LogP contribution in [0.5, 0.6) is 5.75 Å². The van der Waals surface area contributed by atoms with Gasteiger partial charge in [0.2, 0.25) is 0 Å². The summed E-state index contributed by atoms with van der Waals surface area (Å²) in [7, 11) is 0. The minimum absolute atomic E-state index is 0.309. The van der Waals surface area contributed by atoms with Crippen LogP contribution < -0.4 is 16.0 Å². The van der Waals surface area contributed by atoms with E-state index in [2.05, 4.69) is 0 Å². The van der Waals surface area contributed by atoms with Gasteiger partial charge in [-0.1, -0.05) is 0 Å². The number of hydrogen-bond acceptors (Lipinski definition) is 4. The van der Waals surface area contributed by atoms with Gasteiger partial charge in [0.15, 0.2) is 0 Å². The van der Waals surface area contributed by atoms with E-state index in [0.717, 1.165) is 18.2 Å². The maximum Gasteiger partial charge on any atom is 0.331 e. The van der Waals surface area contributed by atoms with E-state index in [9.17, 15) is 9.59 Å². The zero-order valence-electron chi connectivity index (χ0n) is 14.3. The van der Waals surface area contributed by atoms with Crippen molar-refractivity contribution in [2.24, 2.45) is 5.73 Å². The van der Waals surface area contributed by atoms with E-state index in [1.165, 1.54) is 10.6 Å². The second kappa shape index (κ2) is 8.49. The summed E-state index contributed by atoms with van der Waals surface area (Å²) in [5.41, 5.74) is 5.70. The quantitative estimate of drug-likeness (QED) is 0.791. The molecule has 130 valence electrons. The van der Waals surface area contributed by atoms with Gasteiger partial charge in [0.25, 0.3) is 5.56 Å². The lowest BCUT2D eigenvalue weighted by molar-refractivity contribution is 0.205. The molecule has 0 aliphatic carbocycles. The third-order valence-electron chi connectivity index (χ3n) is 3.96. The standard InChI is InChI=1S/C18H25N3O3/c1-3-20(4-2)18(23)21-16-13-15(24-12-6-5-11-19)9-7-14(16)8-10-17(21)22/h7-10,13H,3-6,11-12,19H2,1-2H3. The number of pyridine rings is 1. The average molecular weight is 331 g/mol. The van der Waals surface area contributed by atoms with Gasteiger partial charge < -0.3 is 15.4 Å². The fourth-order valence-corrected chi connectivity index (χ4v) is 2.57. The van der Waals surface area contributed by atoms with Gasteiger partial charge in [-0.25, -0.2) is 9.36 Å². The zero-order chi connectivity index (χ0) is 17.5. The van der Waals surface area contributed by atoms with Crippen molar-refractivity contribution in [2.75, 3.05) is 26.2 Å². The highest BCUT2D eigenvalue weighted by Gasteiger charge is 2.16. The number of ether oxygens (including phenoxy) is 1. The lowest BCUT2D eigenvalue weighted by atomic mass is 10.2. The molecular weight excluding hydrogens is 306 g/mol. The highest BCUT2D eigenvalue weighted by Crippen LogP contribution is 2.20. The molecule has 2 N–H and O–H groups in total. The number of hydrogen-bond donors (Lipinski definition) is 1. The van der Waals surface area contributed by atoms with Crippen LogP contribution in [0.3, 0.4) is 0 Å². The molecule has 1 aromatic heterocycles. The molecule has 6 nitrogen and oxygen atoms in total. The summed E-state index contributed by atoms with van der Waals surface area (Å²) in [6.07, 6.45) is 1.77. The molecule has 2 aromatic rings. The molecule has 0 saturated carbocycles. The first-order valence-electron chi connectivity index (χ1n) is 8.40. The van der Waals surface area contributed by atoms with Crippen molar-refractivity contribution in [3.8, 4) is 5.75 Å². The van der Waals surface area contributed by atoms with Crippen molar-refractivity contribution in [3.63, 3.8) is 0 Å². The molecule has 0 bridgehead atoms. The smallest absolute Gasteiger partial charge is 0.331 e. The lowest BCUT2D eigenvalue weighted by Crippen LogP contribution is -2.39. The second-order valence-corrected chi connectivity index (χ2v) is 5.53. The maximum atomic E-state index is 12.7. The Morgan fingerprint density at radius 2 is 1.88 bits per heavy atom. The van der Waals surface area contributed by atoms with Crippen molar-refractivity contribution < 1.29 is 9.53 Å². The van der Waals surface area contributed by atoms with Crippen LogP contribution in [0.2, 0.25) is 0 Å². The summed E-state index contributed by atoms with van der Waals surface area (Å²) < 4.78 is 6.93. The Labute approximate surface area is 141 Å². The Morgan fingerprint density at radius 1 is 1.17 bits per heavy atom. The van der Waals surface area contributed by atoms with Crippen LogP contribution in [-0.4, -0.2) is 41.7 Å². The number of benzene rings is 1. The first-order valence-corrected chi connectivity index (χ1v) is 8.40. The number of nitrogens with zero attached hydrogens (tertiary/aromatic N) is 2. The van der Waals surface area contributed by atoms with Gasteiger partial charge >= 0.3 is 6.03 Å². The summed E-state index contributed by atoms with van der Waals surface area (Å²) in [5, 5.41) is 0.824. The van der Waals surface area contributed by atoms with Gasteiger partial charge in [-0.05, 0) is 56.8 Å². The molecule has 0 aliphatic heterocycles. The van der Waals surface area contributed by atoms with Crippen LogP contribution >= 0.6 is 0 Å². The fourth-order valence-electron chi connectivity index (χ4n) is 2.57. The van der Waals surface area contributed by atoms with Crippen LogP contribution in [0.4, 0.5) is 4.79 Å². The number of amides is 1. The molecular formula is C18H25N3O3. The van der Waals surface area contributed by atoms with E-state index < -0.39 is 0 Å². The summed E-state index contributed by atoms with van der Waals surface area (Å²) >= 11 is 0. The van der Waals surface area contributed by atoms with Crippen LogP contribution in [0.15, 0.2) is 35.1 Å². The minimum Gasteiger partial charge on any atom is -0.494 e. The Morgan fingerprint density at radius 3 is 2.54 bits per heavy atom. The van der Waals surface area contributed by atoms with E-state index in [-0.39, 0.29) is 11.6 Å². The monoisotopic (exact) mass is 331 g/mol. The SMILES string of the molecule is CCN(CC)C(=O)n1c(=O)ccc2ccc(OCCCCN)cc21. The van der Waals surface area contributed by atoms with Gasteiger partial charge in [0.05, 0.1) is 12.1 Å². The van der Waals surface area contributed by atoms with E-state index in [4.69, 9.17) is 10.5 Å². The largest absolute Gasteiger partial charge is 0.494 e. The number of nitrogens with two attached hydrogens (primary N) is 1. The van der Waals surface area contributed by atoms with E-state index in [1.54, 1.807) is 17.0 Å². The molecule has 0 atom stereocenters. The molecule has 24 heavy (non-hydrogen) atoms. The molecule has 6 heteroatoms. The molecule has 0 unspecified atom stereocenters. The maximum absolute atomic E-state index is 12.7. The van der Waals surface area contributed by atoms with Crippen LogP contribution in [-0.2, 0) is 0 Å². The van der Waals surface area contributed by atoms with E-state index in [1.807, 2.05) is 26.0 Å². The number of carbonyl (C=O) groups is 1. The predicted molar refractivity (Wildman–Crippen MR) is 95.7 cm³/mol. The number of unbranched alkanes of at least 4 members (excludes halogenated alkanes) is 1. The average Bonchev–Trinajstić information content (AvgIpc) is 2.59. The Bertz CT molecular complexity index is 751. The van der Waals surface area contributed by atoms with Gasteiger partial charge in [-0.15, -0.1) is 0 Å². The number of aromatic nitrogens is 1. The third kappa shape index (κ3) is 3.94. The summed E-state index contributed by atoms with van der Waals surface area (Å²) in [5.74, 6) is 0.645. The van der Waals surface area contributed by atoms with Gasteiger partial charge in [0, 0.05) is 25.2 Å². The van der Waals surface area contributed by atoms with Gasteiger partial charge in [-0.2, -0.15) is 0 Å². The molecule has 0 saturated heterocycles. The topological polar surface area (TPSA) is 77.6 Å². The molecule has 1 aromatic carbocycles. The second-order valence-electron chi connectivity index (χ2n) is 5.53. The number of carbonyl (C=O) groups excluding carboxylic acids is 1. The van der Waals surface area contributed by atoms with Crippen molar-refractivity contribution in [3.05, 3.63) is 40.7 Å². The third-order valence-corrected chi connectivity index (χ3v) is 3.96. The first-order chi connectivity index (χ1) is 11.6. The summed E-state index contributed by atoms with van der Waals surface area (Å²) in [6, 6.07) is 8.30. The number of rotatable bonds is 7. The first kappa shape index (κ1) is 18.0. The molecule has 0 fully saturated rings. The predicted octanol–water partition coefficient (Wildman–Crippen LogP) is 2.43. The van der Waals surface area contributed by atoms with Crippen molar-refractivity contribution in [2.45, 2.75) is 26.7 Å². The lowest BCUT2D eigenvalue weighted by Gasteiger charge is -2.20. The molecule has 0 spiro atoms. The minimum atomic E-state index is -0.334. The molecule has 1 heterocycles. The van der Waals surface area contributed by atoms with Crippen molar-refractivity contribution in [1.29, 1.82) is 0 Å². The van der Waals surface area contributed by atoms with Crippen molar-refractivity contribution >= 4 is 16.9 Å². The Hall–Kier alpha value is -2.34. The highest BCUT2D eigenvalue weighted by atomic mass is 16.5. The highest BCUT2D eigenvalue weighted by molar-refractivity contribution is 5.91. The molecule has 0 aliphatic rings. The Kier molecular flexibility index (Phi) is 6.37. The van der Waals surface area contributed by atoms with Crippen LogP contribution in [0, 0.1) is 0 Å². The normalized spacial score (nSPS) is 10.8. The van der Waals surface area contributed by atoms with E-state index >= 15 is 0 Å². The van der Waals surface area contributed by atoms with Gasteiger partial charge in [-0.3, -0.25) is 4.79 Å². The van der Waals surface area contributed by atoms with E-state index in [0.29, 0.717) is 37.5 Å². The van der Waals surface area contributed by atoms with Crippen LogP contribution in [0.1, 0.15) is 26.7 Å². The zero-order valence-corrected chi connectivity index (χ0v) is 14.3. The molecule has 0 radical (unpaired) electrons. The van der Waals surface area contributed by atoms with Crippen LogP contribution in [0.25, 0.3) is 10.9 Å². The molecule has 1 amide bonds. The molecule has 2 rings (SSSR count). The summed E-state index contributed by atoms with van der Waals surface area (Å²) in [6.45, 7) is 6.08. The fraction of sp³-hybridized carbons (Fsp3) is 0.444. The Balaban J connectivity index is 2.40. The van der Waals surface area contributed by atoms with Gasteiger partial charge in [0.1, 0.15) is 5.75 Å². The number of fused-ring (bicyclic) bond motifs is 1.